The van der Waals surface area contributed by atoms with Crippen molar-refractivity contribution in [3.63, 3.8) is 0 Å². The molecule has 11 rings (SSSR count). The van der Waals surface area contributed by atoms with Gasteiger partial charge in [-0.1, -0.05) is 92.8 Å². The molecule has 10 bridgehead atoms. The van der Waals surface area contributed by atoms with Gasteiger partial charge in [0.05, 0.1) is 37.3 Å². The molecule has 4 fully saturated rings. The average Bonchev–Trinajstić information content (AvgIpc) is 3.46. The van der Waals surface area contributed by atoms with Gasteiger partial charge >= 0.3 is 11.9 Å². The van der Waals surface area contributed by atoms with Crippen LogP contribution in [0.25, 0.3) is 0 Å². The van der Waals surface area contributed by atoms with Crippen LogP contribution in [0.2, 0.25) is 0 Å². The highest BCUT2D eigenvalue weighted by Gasteiger charge is 2.62. The summed E-state index contributed by atoms with van der Waals surface area (Å²) in [7, 11) is 1.74. The second-order valence-corrected chi connectivity index (χ2v) is 25.5. The minimum absolute atomic E-state index is 0.0322. The van der Waals surface area contributed by atoms with Crippen LogP contribution in [0.4, 0.5) is 5.69 Å². The number of esters is 2. The molecule has 8 aliphatic rings. The number of aliphatic hydroxyl groups is 5. The number of Topliss-reactive ketones (excluding diaryl/α,β-unsaturated/α-hetero) is 1. The monoisotopic (exact) mass is 1110 g/mol. The molecule has 434 valence electrons. The summed E-state index contributed by atoms with van der Waals surface area (Å²) in [5.41, 5.74) is 1.79. The molecule has 14 heteroatoms. The summed E-state index contributed by atoms with van der Waals surface area (Å²) in [5.74, 6) is 2.92. The zero-order valence-electron chi connectivity index (χ0n) is 47.3. The second kappa shape index (κ2) is 24.5. The van der Waals surface area contributed by atoms with Crippen LogP contribution in [0.5, 0.6) is 11.5 Å². The standard InChI is InChI=1S/C67H84N2O12/c1-66(77,59(73)37-79-51-17-7-4-8-18-51)38-69-49-29-45(28-46(30-49)58(72)36-68-2)42-20-21-43-35-61(74)81-64-52(43)33-47(63(75)62(64)41-14-5-3-6-15-41)34-60-67(78)55-19-10-9-16-44(55)32-53-54(57(71)23-22-56(53)67)26-40-13-11-12-39(24-40)25-50(70)31-48(27-42)65(76)80-60/h9,11-13,16,24,28-31,33,41-44,50-51,53-56,58-60,68-70,72-73,75,77-78H,3-8,10,14-15,17-19,22-23,25-27,32,34-38H2,1-2H3. The van der Waals surface area contributed by atoms with Crippen LogP contribution in [-0.2, 0) is 43.1 Å². The van der Waals surface area contributed by atoms with Gasteiger partial charge in [-0.3, -0.25) is 9.59 Å². The Morgan fingerprint density at radius 3 is 2.40 bits per heavy atom. The Kier molecular flexibility index (Phi) is 17.3. The number of carbonyl (C=O) groups is 3. The van der Waals surface area contributed by atoms with Crippen LogP contribution in [0.1, 0.15) is 179 Å². The normalized spacial score (nSPS) is 31.3. The van der Waals surface area contributed by atoms with Crippen LogP contribution in [0, 0.1) is 41.4 Å². The summed E-state index contributed by atoms with van der Waals surface area (Å²) in [6.45, 7) is 1.62. The maximum Gasteiger partial charge on any atom is 0.334 e. The third kappa shape index (κ3) is 12.2. The number of hydrogen-bond donors (Lipinski definition) is 8. The number of aliphatic hydroxyl groups excluding tert-OH is 3. The first kappa shape index (κ1) is 57.4. The predicted octanol–water partition coefficient (Wildman–Crippen LogP) is 8.62. The number of ketones is 1. The molecule has 3 aromatic carbocycles. The Labute approximate surface area is 477 Å². The lowest BCUT2D eigenvalue weighted by atomic mass is 9.49. The zero-order valence-corrected chi connectivity index (χ0v) is 47.3. The van der Waals surface area contributed by atoms with Gasteiger partial charge in [0.2, 0.25) is 0 Å². The third-order valence-corrected chi connectivity index (χ3v) is 19.9. The Balaban J connectivity index is 1.08. The summed E-state index contributed by atoms with van der Waals surface area (Å²) >= 11 is 0. The summed E-state index contributed by atoms with van der Waals surface area (Å²) in [6.07, 6.45) is 13.9. The van der Waals surface area contributed by atoms with Gasteiger partial charge in [0, 0.05) is 66.6 Å². The summed E-state index contributed by atoms with van der Waals surface area (Å²) in [6, 6.07) is 15.2. The largest absolute Gasteiger partial charge is 0.507 e. The molecular formula is C67H84N2O12. The molecule has 3 heterocycles. The Morgan fingerprint density at radius 2 is 1.62 bits per heavy atom. The number of rotatable bonds is 12. The van der Waals surface area contributed by atoms with Crippen molar-refractivity contribution in [3.05, 3.63) is 111 Å². The smallest absolute Gasteiger partial charge is 0.334 e. The maximum absolute atomic E-state index is 15.9. The van der Waals surface area contributed by atoms with E-state index < -0.39 is 71.2 Å². The molecular weight excluding hydrogens is 1020 g/mol. The van der Waals surface area contributed by atoms with E-state index >= 15 is 4.79 Å². The number of nitrogens with one attached hydrogen (secondary N) is 2. The highest BCUT2D eigenvalue weighted by Crippen LogP contribution is 2.58. The molecule has 0 spiro atoms. The summed E-state index contributed by atoms with van der Waals surface area (Å²) in [4.78, 5) is 44.2. The predicted molar refractivity (Wildman–Crippen MR) is 306 cm³/mol. The van der Waals surface area contributed by atoms with Gasteiger partial charge in [-0.15, -0.1) is 0 Å². The zero-order chi connectivity index (χ0) is 56.6. The van der Waals surface area contributed by atoms with Gasteiger partial charge in [-0.2, -0.15) is 0 Å². The fraction of sp³-hybridized carbons (Fsp3) is 0.597. The number of aromatic hydroxyl groups is 1. The van der Waals surface area contributed by atoms with E-state index in [-0.39, 0.29) is 98.7 Å². The number of carbonyl (C=O) groups excluding carboxylic acids is 3. The van der Waals surface area contributed by atoms with Crippen LogP contribution in [-0.4, -0.2) is 111 Å². The van der Waals surface area contributed by atoms with E-state index in [1.54, 1.807) is 20.0 Å². The molecule has 8 N–H and O–H groups in total. The number of hydrogen-bond acceptors (Lipinski definition) is 14. The van der Waals surface area contributed by atoms with Gasteiger partial charge < -0.3 is 55.5 Å². The number of anilines is 1. The molecule has 3 aliphatic heterocycles. The van der Waals surface area contributed by atoms with Crippen molar-refractivity contribution in [3.8, 4) is 23.3 Å². The Bertz CT molecular complexity index is 2940. The van der Waals surface area contributed by atoms with E-state index in [0.29, 0.717) is 71.4 Å². The van der Waals surface area contributed by atoms with Crippen molar-refractivity contribution in [2.45, 2.75) is 195 Å². The first-order chi connectivity index (χ1) is 39.1. The lowest BCUT2D eigenvalue weighted by Gasteiger charge is -2.58. The van der Waals surface area contributed by atoms with Crippen molar-refractivity contribution in [1.29, 1.82) is 0 Å². The van der Waals surface area contributed by atoms with E-state index in [9.17, 15) is 40.2 Å². The van der Waals surface area contributed by atoms with Gasteiger partial charge in [-0.25, -0.2) is 4.79 Å². The number of likely N-dealkylation sites (N-methyl/N-ethyl adjacent to an activating group) is 1. The number of fused-ring (bicyclic) bond motifs is 9. The molecule has 0 aromatic heterocycles. The highest BCUT2D eigenvalue weighted by atomic mass is 16.6. The number of phenolic OH excluding ortho intramolecular Hbond substituents is 1. The number of allylic oxidation sites excluding steroid dienone is 2. The van der Waals surface area contributed by atoms with Gasteiger partial charge in [0.25, 0.3) is 0 Å². The van der Waals surface area contributed by atoms with Gasteiger partial charge in [0.1, 0.15) is 40.7 Å². The molecule has 0 amide bonds. The van der Waals surface area contributed by atoms with Crippen LogP contribution < -0.4 is 15.4 Å². The maximum atomic E-state index is 15.9. The number of benzene rings is 3. The third-order valence-electron chi connectivity index (χ3n) is 19.9. The van der Waals surface area contributed by atoms with Gasteiger partial charge in [-0.05, 0) is 160 Å². The van der Waals surface area contributed by atoms with Crippen LogP contribution >= 0.6 is 0 Å². The first-order valence-corrected chi connectivity index (χ1v) is 30.5. The molecule has 0 saturated heterocycles. The Morgan fingerprint density at radius 1 is 0.864 bits per heavy atom. The van der Waals surface area contributed by atoms with E-state index in [1.165, 1.54) is 6.08 Å². The first-order valence-electron chi connectivity index (χ1n) is 30.5. The lowest BCUT2D eigenvalue weighted by Crippen LogP contribution is -2.65. The quantitative estimate of drug-likeness (QED) is 0.0368. The van der Waals surface area contributed by atoms with E-state index in [0.717, 1.165) is 75.3 Å². The topological polar surface area (TPSA) is 224 Å². The van der Waals surface area contributed by atoms with Crippen molar-refractivity contribution in [1.82, 2.24) is 5.32 Å². The van der Waals surface area contributed by atoms with E-state index in [1.807, 2.05) is 42.5 Å². The minimum atomic E-state index is -1.68. The van der Waals surface area contributed by atoms with Crippen LogP contribution in [0.3, 0.4) is 0 Å². The average molecular weight is 1110 g/mol. The molecule has 3 aromatic rings. The fourth-order valence-electron chi connectivity index (χ4n) is 15.6. The molecule has 14 nitrogen and oxygen atoms in total. The summed E-state index contributed by atoms with van der Waals surface area (Å²) < 4.78 is 19.3. The van der Waals surface area contributed by atoms with Crippen molar-refractivity contribution in [2.24, 2.45) is 29.6 Å². The SMILES string of the molecule is CNCC(O)c1cc(NCC(C)(O)C(O)COC2CCCCC2)cc(C2C#CC3CC(=O)Oc4c3cc(c(O)c4C3CCCCC3)CC3OC(=O)C(=CC(O)Cc4cccc(c4)CC4C(=O)CCC5C4CC4C=CCCC4C35O)C2)c1. The molecule has 4 saturated carbocycles. The minimum Gasteiger partial charge on any atom is -0.507 e. The van der Waals surface area contributed by atoms with E-state index in [2.05, 4.69) is 34.6 Å². The van der Waals surface area contributed by atoms with Crippen molar-refractivity contribution in [2.75, 3.05) is 32.1 Å². The molecule has 0 radical (unpaired) electrons. The number of phenols is 1. The van der Waals surface area contributed by atoms with Gasteiger partial charge in [0.15, 0.2) is 0 Å². The molecule has 13 unspecified atom stereocenters. The second-order valence-electron chi connectivity index (χ2n) is 25.5. The lowest BCUT2D eigenvalue weighted by molar-refractivity contribution is -0.221. The summed E-state index contributed by atoms with van der Waals surface area (Å²) in [5, 5.41) is 80.5. The highest BCUT2D eigenvalue weighted by molar-refractivity contribution is 5.89. The van der Waals surface area contributed by atoms with Crippen molar-refractivity contribution >= 4 is 23.4 Å². The van der Waals surface area contributed by atoms with Crippen molar-refractivity contribution < 1.29 is 59.2 Å². The van der Waals surface area contributed by atoms with Crippen LogP contribution in [0.15, 0.2) is 72.3 Å². The van der Waals surface area contributed by atoms with E-state index in [4.69, 9.17) is 14.2 Å². The molecule has 81 heavy (non-hydrogen) atoms. The number of ether oxygens (including phenoxy) is 3. The molecule has 5 aliphatic carbocycles. The fourth-order valence-corrected chi connectivity index (χ4v) is 15.6. The Hall–Kier alpha value is -5.37. The molecule has 13 atom stereocenters.